The summed E-state index contributed by atoms with van der Waals surface area (Å²) in [6.45, 7) is 3.53. The van der Waals surface area contributed by atoms with Gasteiger partial charge in [0.15, 0.2) is 6.29 Å². The maximum atomic E-state index is 9.91. The van der Waals surface area contributed by atoms with Crippen molar-refractivity contribution in [2.45, 2.75) is 32.2 Å². The Kier molecular flexibility index (Phi) is 5.01. The molecule has 0 heterocycles. The van der Waals surface area contributed by atoms with Crippen LogP contribution in [-0.2, 0) is 9.47 Å². The van der Waals surface area contributed by atoms with Crippen molar-refractivity contribution >= 4 is 0 Å². The topological polar surface area (TPSA) is 38.7 Å². The van der Waals surface area contributed by atoms with E-state index in [0.717, 1.165) is 0 Å². The van der Waals surface area contributed by atoms with E-state index in [4.69, 9.17) is 15.9 Å². The lowest BCUT2D eigenvalue weighted by Gasteiger charge is -2.32. The van der Waals surface area contributed by atoms with Crippen LogP contribution < -0.4 is 0 Å². The molecule has 0 rings (SSSR count). The van der Waals surface area contributed by atoms with E-state index in [1.165, 1.54) is 14.2 Å². The van der Waals surface area contributed by atoms with E-state index in [2.05, 4.69) is 5.92 Å². The summed E-state index contributed by atoms with van der Waals surface area (Å²) < 4.78 is 10.1. The largest absolute Gasteiger partial charge is 0.389 e. The van der Waals surface area contributed by atoms with Gasteiger partial charge in [-0.15, -0.1) is 12.3 Å². The monoisotopic (exact) mass is 186 g/mol. The molecule has 0 aromatic heterocycles. The summed E-state index contributed by atoms with van der Waals surface area (Å²) in [5, 5.41) is 9.91. The zero-order chi connectivity index (χ0) is 10.5. The molecule has 0 unspecified atom stereocenters. The lowest BCUT2D eigenvalue weighted by Crippen LogP contribution is -2.41. The fourth-order valence-electron chi connectivity index (χ4n) is 1.17. The first-order valence-electron chi connectivity index (χ1n) is 4.21. The number of rotatable bonds is 5. The van der Waals surface area contributed by atoms with Gasteiger partial charge in [0.05, 0.1) is 5.60 Å². The Morgan fingerprint density at radius 1 is 1.46 bits per heavy atom. The van der Waals surface area contributed by atoms with Crippen LogP contribution in [0.5, 0.6) is 0 Å². The number of aliphatic hydroxyl groups is 1. The third-order valence-corrected chi connectivity index (χ3v) is 2.31. The van der Waals surface area contributed by atoms with Gasteiger partial charge in [0.2, 0.25) is 0 Å². The Hall–Kier alpha value is -0.560. The van der Waals surface area contributed by atoms with Gasteiger partial charge in [0, 0.05) is 26.6 Å². The summed E-state index contributed by atoms with van der Waals surface area (Å²) in [6, 6.07) is 0. The van der Waals surface area contributed by atoms with Gasteiger partial charge >= 0.3 is 0 Å². The van der Waals surface area contributed by atoms with Crippen molar-refractivity contribution < 1.29 is 14.6 Å². The molecule has 3 heteroatoms. The molecule has 13 heavy (non-hydrogen) atoms. The number of terminal acetylenes is 1. The minimum absolute atomic E-state index is 0.168. The molecule has 0 fully saturated rings. The second-order valence-corrected chi connectivity index (χ2v) is 3.37. The fraction of sp³-hybridized carbons (Fsp3) is 0.800. The van der Waals surface area contributed by atoms with Crippen LogP contribution >= 0.6 is 0 Å². The minimum atomic E-state index is -0.953. The standard InChI is InChI=1S/C10H18O3/c1-6-7-10(3,11)8(2)9(12-4)13-5/h1,8-9,11H,7H2,2-5H3/t8-,10+/m1/s1. The van der Waals surface area contributed by atoms with E-state index in [0.29, 0.717) is 0 Å². The third-order valence-electron chi connectivity index (χ3n) is 2.31. The molecule has 0 spiro atoms. The average Bonchev–Trinajstić information content (AvgIpc) is 2.06. The number of hydrogen-bond acceptors (Lipinski definition) is 3. The van der Waals surface area contributed by atoms with Crippen molar-refractivity contribution in [1.82, 2.24) is 0 Å². The van der Waals surface area contributed by atoms with Gasteiger partial charge in [0.25, 0.3) is 0 Å². The molecule has 3 nitrogen and oxygen atoms in total. The zero-order valence-corrected chi connectivity index (χ0v) is 8.70. The summed E-state index contributed by atoms with van der Waals surface area (Å²) >= 11 is 0. The van der Waals surface area contributed by atoms with Crippen molar-refractivity contribution in [2.75, 3.05) is 14.2 Å². The summed E-state index contributed by atoms with van der Waals surface area (Å²) in [7, 11) is 3.08. The Morgan fingerprint density at radius 3 is 2.23 bits per heavy atom. The van der Waals surface area contributed by atoms with Gasteiger partial charge in [-0.25, -0.2) is 0 Å². The molecular weight excluding hydrogens is 168 g/mol. The molecule has 2 atom stereocenters. The molecule has 0 aliphatic heterocycles. The van der Waals surface area contributed by atoms with Crippen LogP contribution in [0.2, 0.25) is 0 Å². The Bertz CT molecular complexity index is 177. The summed E-state index contributed by atoms with van der Waals surface area (Å²) in [5.74, 6) is 2.26. The molecule has 0 aromatic carbocycles. The number of methoxy groups -OCH3 is 2. The Morgan fingerprint density at radius 2 is 1.92 bits per heavy atom. The molecular formula is C10H18O3. The minimum Gasteiger partial charge on any atom is -0.389 e. The highest BCUT2D eigenvalue weighted by molar-refractivity contribution is 4.96. The second-order valence-electron chi connectivity index (χ2n) is 3.37. The molecule has 0 bridgehead atoms. The van der Waals surface area contributed by atoms with E-state index in [-0.39, 0.29) is 12.3 Å². The third kappa shape index (κ3) is 3.35. The van der Waals surface area contributed by atoms with E-state index in [1.54, 1.807) is 6.92 Å². The van der Waals surface area contributed by atoms with E-state index in [9.17, 15) is 5.11 Å². The quantitative estimate of drug-likeness (QED) is 0.514. The van der Waals surface area contributed by atoms with Crippen LogP contribution in [0.3, 0.4) is 0 Å². The summed E-state index contributed by atoms with van der Waals surface area (Å²) in [5.41, 5.74) is -0.953. The highest BCUT2D eigenvalue weighted by Crippen LogP contribution is 2.25. The average molecular weight is 186 g/mol. The molecule has 0 aromatic rings. The van der Waals surface area contributed by atoms with E-state index >= 15 is 0 Å². The van der Waals surface area contributed by atoms with Crippen molar-refractivity contribution in [1.29, 1.82) is 0 Å². The van der Waals surface area contributed by atoms with Crippen LogP contribution in [0.15, 0.2) is 0 Å². The molecule has 0 aliphatic carbocycles. The van der Waals surface area contributed by atoms with Crippen LogP contribution in [0.1, 0.15) is 20.3 Å². The second kappa shape index (κ2) is 5.23. The molecule has 0 aliphatic rings. The first-order valence-corrected chi connectivity index (χ1v) is 4.21. The van der Waals surface area contributed by atoms with Crippen molar-refractivity contribution in [2.24, 2.45) is 5.92 Å². The lowest BCUT2D eigenvalue weighted by atomic mass is 9.87. The number of ether oxygens (including phenoxy) is 2. The van der Waals surface area contributed by atoms with Gasteiger partial charge in [-0.1, -0.05) is 6.92 Å². The normalized spacial score (nSPS) is 17.9. The predicted octanol–water partition coefficient (Wildman–Crippen LogP) is 1.02. The van der Waals surface area contributed by atoms with Gasteiger partial charge in [-0.2, -0.15) is 0 Å². The maximum absolute atomic E-state index is 9.91. The molecule has 0 saturated heterocycles. The molecule has 76 valence electrons. The van der Waals surface area contributed by atoms with Gasteiger partial charge in [-0.3, -0.25) is 0 Å². The zero-order valence-electron chi connectivity index (χ0n) is 8.70. The highest BCUT2D eigenvalue weighted by Gasteiger charge is 2.33. The molecule has 0 saturated carbocycles. The molecule has 0 radical (unpaired) electrons. The van der Waals surface area contributed by atoms with Crippen LogP contribution in [0, 0.1) is 18.3 Å². The lowest BCUT2D eigenvalue weighted by molar-refractivity contribution is -0.177. The molecule has 1 N–H and O–H groups in total. The van der Waals surface area contributed by atoms with Crippen molar-refractivity contribution in [3.05, 3.63) is 0 Å². The highest BCUT2D eigenvalue weighted by atomic mass is 16.7. The van der Waals surface area contributed by atoms with Crippen molar-refractivity contribution in [3.63, 3.8) is 0 Å². The van der Waals surface area contributed by atoms with Gasteiger partial charge < -0.3 is 14.6 Å². The first kappa shape index (κ1) is 12.4. The van der Waals surface area contributed by atoms with E-state index in [1.807, 2.05) is 6.92 Å². The predicted molar refractivity (Wildman–Crippen MR) is 51.0 cm³/mol. The van der Waals surface area contributed by atoms with Crippen LogP contribution in [0.25, 0.3) is 0 Å². The van der Waals surface area contributed by atoms with Gasteiger partial charge in [-0.05, 0) is 6.92 Å². The smallest absolute Gasteiger partial charge is 0.162 e. The first-order chi connectivity index (χ1) is 5.99. The summed E-state index contributed by atoms with van der Waals surface area (Å²) in [6.07, 6.45) is 5.01. The van der Waals surface area contributed by atoms with E-state index < -0.39 is 11.9 Å². The summed E-state index contributed by atoms with van der Waals surface area (Å²) in [4.78, 5) is 0. The van der Waals surface area contributed by atoms with Crippen LogP contribution in [0.4, 0.5) is 0 Å². The van der Waals surface area contributed by atoms with Crippen molar-refractivity contribution in [3.8, 4) is 12.3 Å². The van der Waals surface area contributed by atoms with Gasteiger partial charge in [0.1, 0.15) is 0 Å². The Labute approximate surface area is 80.0 Å². The maximum Gasteiger partial charge on any atom is 0.162 e. The SMILES string of the molecule is C#CC[C@](C)(O)[C@H](C)C(OC)OC. The Balaban J connectivity index is 4.37. The molecule has 0 amide bonds. The fourth-order valence-corrected chi connectivity index (χ4v) is 1.17. The van der Waals surface area contributed by atoms with Crippen LogP contribution in [-0.4, -0.2) is 31.2 Å². The number of hydrogen-bond donors (Lipinski definition) is 1.